The Hall–Kier alpha value is -7.79. The van der Waals surface area contributed by atoms with Crippen molar-refractivity contribution in [2.75, 3.05) is 14.7 Å². The predicted octanol–water partition coefficient (Wildman–Crippen LogP) is 18.4. The molecule has 0 aromatic heterocycles. The van der Waals surface area contributed by atoms with Crippen molar-refractivity contribution in [1.29, 1.82) is 0 Å². The molecule has 0 atom stereocenters. The molecular formula is C74H73N3Si4. The molecular weight excluding hydrogens is 1040 g/mol. The first-order chi connectivity index (χ1) is 38.9. The summed E-state index contributed by atoms with van der Waals surface area (Å²) >= 11 is 0. The lowest BCUT2D eigenvalue weighted by Crippen LogP contribution is -2.37. The van der Waals surface area contributed by atoms with Crippen LogP contribution in [-0.4, -0.2) is 33.0 Å². The van der Waals surface area contributed by atoms with Gasteiger partial charge < -0.3 is 14.7 Å². The van der Waals surface area contributed by atoms with Crippen molar-refractivity contribution in [1.82, 2.24) is 0 Å². The molecule has 7 heteroatoms. The number of hydrogen-bond acceptors (Lipinski definition) is 3. The third kappa shape index (κ3) is 8.70. The van der Waals surface area contributed by atoms with Crippen LogP contribution in [-0.2, 0) is 5.41 Å². The van der Waals surface area contributed by atoms with Gasteiger partial charge in [-0.1, -0.05) is 244 Å². The van der Waals surface area contributed by atoms with Gasteiger partial charge in [0.15, 0.2) is 0 Å². The van der Waals surface area contributed by atoms with Crippen molar-refractivity contribution in [2.24, 2.45) is 0 Å². The summed E-state index contributed by atoms with van der Waals surface area (Å²) in [5, 5.41) is 10.8. The monoisotopic (exact) mass is 1120 g/mol. The fraction of sp³-hybridized carbons (Fsp3) is 0.162. The first-order valence-electron chi connectivity index (χ1n) is 29.1. The Kier molecular flexibility index (Phi) is 12.8. The van der Waals surface area contributed by atoms with Crippen LogP contribution in [0.1, 0.15) is 22.3 Å². The normalized spacial score (nSPS) is 13.6. The van der Waals surface area contributed by atoms with Gasteiger partial charge in [0.1, 0.15) is 0 Å². The van der Waals surface area contributed by atoms with Crippen LogP contribution >= 0.6 is 0 Å². The molecule has 3 nitrogen and oxygen atoms in total. The molecule has 0 amide bonds. The summed E-state index contributed by atoms with van der Waals surface area (Å²) in [5.74, 6) is 0. The Morgan fingerprint density at radius 3 is 1.01 bits per heavy atom. The lowest BCUT2D eigenvalue weighted by Gasteiger charge is -2.45. The maximum Gasteiger partial charge on any atom is 0.0775 e. The second-order valence-electron chi connectivity index (χ2n) is 26.0. The highest BCUT2D eigenvalue weighted by atomic mass is 28.3. The van der Waals surface area contributed by atoms with E-state index in [0.29, 0.717) is 0 Å². The van der Waals surface area contributed by atoms with Crippen LogP contribution in [0.5, 0.6) is 0 Å². The summed E-state index contributed by atoms with van der Waals surface area (Å²) in [5.41, 5.74) is 17.4. The molecule has 0 fully saturated rings. The standard InChI is InChI=1S/C74H73N3Si4/c1-78(2)56-41-33-52(34-42-56)75(53-35-43-57(44-36-53)79(3,4)5)70-49-66-72(62-27-17-15-25-60(62)70)73-63-28-18-16-26-61(63)71(76(54-37-45-58(46-38-54)80(6,7)8)55-39-47-59(48-40-55)81(9,10)11)50-67(73)74(66)64-29-19-21-31-68(64)77(51-23-13-12-14-24-51)69-32-22-20-30-65(69)74/h12-50,78H,1-11H3. The topological polar surface area (TPSA) is 9.72 Å². The summed E-state index contributed by atoms with van der Waals surface area (Å²) in [6, 6.07) is 91.7. The SMILES string of the molecule is C[SiH](C)c1ccc(N(c2ccc([Si](C)(C)C)cc2)c2cc3c(c4ccccc24)-c2c(cc(N(c4ccc([Si](C)(C)C)cc4)c4ccc([Si](C)(C)C)cc4)c4ccccc24)C32c3ccccc3N(c3ccccc3)c3ccccc32)cc1. The van der Waals surface area contributed by atoms with Crippen LogP contribution in [0.15, 0.2) is 237 Å². The van der Waals surface area contributed by atoms with Crippen molar-refractivity contribution >= 4 is 126 Å². The molecule has 11 aromatic rings. The summed E-state index contributed by atoms with van der Waals surface area (Å²) in [6.45, 7) is 26.9. The first-order valence-corrected chi connectivity index (χ1v) is 42.5. The minimum atomic E-state index is -1.61. The van der Waals surface area contributed by atoms with Gasteiger partial charge in [-0.05, 0) is 129 Å². The second-order valence-corrected chi connectivity index (χ2v) is 44.2. The summed E-state index contributed by atoms with van der Waals surface area (Å²) in [4.78, 5) is 7.64. The van der Waals surface area contributed by atoms with Crippen molar-refractivity contribution in [2.45, 2.75) is 77.4 Å². The van der Waals surface area contributed by atoms with Gasteiger partial charge >= 0.3 is 0 Å². The highest BCUT2D eigenvalue weighted by molar-refractivity contribution is 6.89. The molecule has 400 valence electrons. The van der Waals surface area contributed by atoms with Crippen molar-refractivity contribution < 1.29 is 0 Å². The zero-order chi connectivity index (χ0) is 56.2. The molecule has 1 spiro atoms. The van der Waals surface area contributed by atoms with Crippen molar-refractivity contribution in [3.63, 3.8) is 0 Å². The van der Waals surface area contributed by atoms with Crippen LogP contribution in [0.25, 0.3) is 32.7 Å². The summed E-state index contributed by atoms with van der Waals surface area (Å²) < 4.78 is 0. The van der Waals surface area contributed by atoms with Gasteiger partial charge in [-0.15, -0.1) is 0 Å². The smallest absolute Gasteiger partial charge is 0.0775 e. The molecule has 0 saturated heterocycles. The Bertz CT molecular complexity index is 4080. The molecule has 0 radical (unpaired) electrons. The zero-order valence-electron chi connectivity index (χ0n) is 48.9. The Morgan fingerprint density at radius 1 is 0.333 bits per heavy atom. The van der Waals surface area contributed by atoms with Gasteiger partial charge in [0.05, 0.1) is 61.2 Å². The minimum Gasteiger partial charge on any atom is -0.310 e. The average molecular weight is 1120 g/mol. The minimum absolute atomic E-state index is 0.782. The van der Waals surface area contributed by atoms with Gasteiger partial charge in [-0.25, -0.2) is 0 Å². The van der Waals surface area contributed by atoms with Crippen molar-refractivity contribution in [3.05, 3.63) is 259 Å². The molecule has 0 N–H and O–H groups in total. The Balaban J connectivity index is 1.19. The fourth-order valence-electron chi connectivity index (χ4n) is 13.2. The van der Waals surface area contributed by atoms with Crippen LogP contribution < -0.4 is 35.4 Å². The van der Waals surface area contributed by atoms with E-state index < -0.39 is 38.4 Å². The zero-order valence-corrected chi connectivity index (χ0v) is 53.1. The van der Waals surface area contributed by atoms with Gasteiger partial charge in [0.2, 0.25) is 0 Å². The van der Waals surface area contributed by atoms with E-state index in [-0.39, 0.29) is 0 Å². The van der Waals surface area contributed by atoms with Crippen LogP contribution in [0.4, 0.5) is 51.2 Å². The molecule has 2 aliphatic rings. The molecule has 0 bridgehead atoms. The predicted molar refractivity (Wildman–Crippen MR) is 364 cm³/mol. The number of hydrogen-bond donors (Lipinski definition) is 0. The van der Waals surface area contributed by atoms with Crippen molar-refractivity contribution in [3.8, 4) is 11.1 Å². The quantitative estimate of drug-likeness (QED) is 0.120. The van der Waals surface area contributed by atoms with E-state index in [1.807, 2.05) is 0 Å². The van der Waals surface area contributed by atoms with E-state index in [9.17, 15) is 0 Å². The summed E-state index contributed by atoms with van der Waals surface area (Å²) in [7, 11) is -5.89. The number of fused-ring (bicyclic) bond motifs is 13. The number of rotatable bonds is 11. The van der Waals surface area contributed by atoms with E-state index in [2.05, 4.69) is 323 Å². The van der Waals surface area contributed by atoms with E-state index in [4.69, 9.17) is 0 Å². The lowest BCUT2D eigenvalue weighted by atomic mass is 9.64. The lowest BCUT2D eigenvalue weighted by molar-refractivity contribution is 0.753. The number of benzene rings is 11. The third-order valence-electron chi connectivity index (χ3n) is 17.5. The molecule has 1 heterocycles. The van der Waals surface area contributed by atoms with Gasteiger partial charge in [0, 0.05) is 39.2 Å². The summed E-state index contributed by atoms with van der Waals surface area (Å²) in [6.07, 6.45) is 0. The van der Waals surface area contributed by atoms with Gasteiger partial charge in [0.25, 0.3) is 0 Å². The average Bonchev–Trinajstić information content (AvgIpc) is 3.43. The number of anilines is 9. The third-order valence-corrected chi connectivity index (χ3v) is 25.4. The maximum atomic E-state index is 2.62. The molecule has 0 saturated carbocycles. The van der Waals surface area contributed by atoms with Crippen LogP contribution in [0.3, 0.4) is 0 Å². The molecule has 1 aliphatic heterocycles. The van der Waals surface area contributed by atoms with Crippen LogP contribution in [0.2, 0.25) is 72.0 Å². The molecule has 81 heavy (non-hydrogen) atoms. The number of nitrogens with zero attached hydrogens (tertiary/aromatic N) is 3. The molecule has 0 unspecified atom stereocenters. The fourth-order valence-corrected chi connectivity index (χ4v) is 17.7. The van der Waals surface area contributed by atoms with E-state index in [1.54, 1.807) is 0 Å². The number of para-hydroxylation sites is 3. The highest BCUT2D eigenvalue weighted by Gasteiger charge is 2.53. The Morgan fingerprint density at radius 2 is 0.654 bits per heavy atom. The Labute approximate surface area is 485 Å². The molecule has 1 aliphatic carbocycles. The highest BCUT2D eigenvalue weighted by Crippen LogP contribution is 2.67. The largest absolute Gasteiger partial charge is 0.310 e. The van der Waals surface area contributed by atoms with E-state index in [1.165, 1.54) is 98.4 Å². The van der Waals surface area contributed by atoms with Gasteiger partial charge in [-0.3, -0.25) is 0 Å². The molecule has 11 aromatic carbocycles. The van der Waals surface area contributed by atoms with E-state index in [0.717, 1.165) is 28.4 Å². The molecule has 13 rings (SSSR count). The second kappa shape index (κ2) is 19.7. The van der Waals surface area contributed by atoms with Crippen LogP contribution in [0, 0.1) is 0 Å². The maximum absolute atomic E-state index is 2.62. The first kappa shape index (κ1) is 52.6. The van der Waals surface area contributed by atoms with Gasteiger partial charge in [-0.2, -0.15) is 0 Å². The van der Waals surface area contributed by atoms with E-state index >= 15 is 0 Å².